The lowest BCUT2D eigenvalue weighted by Gasteiger charge is -2.39. The van der Waals surface area contributed by atoms with Gasteiger partial charge >= 0.3 is 0 Å². The molecule has 2 atom stereocenters. The third kappa shape index (κ3) is 3.64. The van der Waals surface area contributed by atoms with Gasteiger partial charge in [-0.1, -0.05) is 29.8 Å². The molecular formula is C18H26N2O3S. The van der Waals surface area contributed by atoms with Crippen molar-refractivity contribution in [2.24, 2.45) is 0 Å². The largest absolute Gasteiger partial charge is 0.338 e. The van der Waals surface area contributed by atoms with Crippen LogP contribution in [0.3, 0.4) is 0 Å². The van der Waals surface area contributed by atoms with Crippen LogP contribution in [0.15, 0.2) is 24.3 Å². The average molecular weight is 350 g/mol. The number of hydrogen-bond donors (Lipinski definition) is 0. The van der Waals surface area contributed by atoms with Crippen LogP contribution < -0.4 is 0 Å². The van der Waals surface area contributed by atoms with Crippen LogP contribution in [0.2, 0.25) is 0 Å². The van der Waals surface area contributed by atoms with Crippen LogP contribution in [0.4, 0.5) is 0 Å². The first-order chi connectivity index (χ1) is 11.4. The number of carbonyl (C=O) groups excluding carboxylic acids is 1. The quantitative estimate of drug-likeness (QED) is 0.813. The molecule has 0 N–H and O–H groups in total. The highest BCUT2D eigenvalue weighted by atomic mass is 32.2. The van der Waals surface area contributed by atoms with Crippen molar-refractivity contribution in [3.05, 3.63) is 35.4 Å². The second-order valence-corrected chi connectivity index (χ2v) is 9.36. The van der Waals surface area contributed by atoms with Crippen LogP contribution in [0.1, 0.15) is 30.9 Å². The number of aryl methyl sites for hydroxylation is 1. The van der Waals surface area contributed by atoms with Crippen molar-refractivity contribution in [3.63, 3.8) is 0 Å². The van der Waals surface area contributed by atoms with Gasteiger partial charge in [0.15, 0.2) is 9.84 Å². The number of hydrogen-bond acceptors (Lipinski definition) is 4. The lowest BCUT2D eigenvalue weighted by Crippen LogP contribution is -2.56. The van der Waals surface area contributed by atoms with E-state index in [0.29, 0.717) is 13.0 Å². The predicted octanol–water partition coefficient (Wildman–Crippen LogP) is 1.60. The fourth-order valence-electron chi connectivity index (χ4n) is 3.93. The summed E-state index contributed by atoms with van der Waals surface area (Å²) < 4.78 is 25.0. The first-order valence-electron chi connectivity index (χ1n) is 8.63. The van der Waals surface area contributed by atoms with Gasteiger partial charge in [0, 0.05) is 32.6 Å². The molecule has 6 heteroatoms. The van der Waals surface area contributed by atoms with Crippen molar-refractivity contribution in [2.45, 2.75) is 44.5 Å². The molecule has 0 saturated carbocycles. The zero-order valence-corrected chi connectivity index (χ0v) is 15.3. The van der Waals surface area contributed by atoms with Gasteiger partial charge in [0.1, 0.15) is 0 Å². The number of carbonyl (C=O) groups is 1. The standard InChI is InChI=1S/C18H26N2O3S/c1-14-3-5-16(6-4-14)13-19-9-7-17-18(8-10-19)24(22,23)12-11-20(17)15(2)21/h3-6,17-18H,7-13H2,1-2H3/t17-,18+/m0/s1. The average Bonchev–Trinajstić information content (AvgIpc) is 2.73. The number of fused-ring (bicyclic) bond motifs is 1. The Morgan fingerprint density at radius 3 is 2.46 bits per heavy atom. The van der Waals surface area contributed by atoms with Gasteiger partial charge < -0.3 is 4.90 Å². The van der Waals surface area contributed by atoms with Crippen molar-refractivity contribution in [1.82, 2.24) is 9.80 Å². The Morgan fingerprint density at radius 1 is 1.12 bits per heavy atom. The van der Waals surface area contributed by atoms with E-state index in [1.54, 1.807) is 11.8 Å². The lowest BCUT2D eigenvalue weighted by molar-refractivity contribution is -0.131. The summed E-state index contributed by atoms with van der Waals surface area (Å²) in [6.45, 7) is 6.39. The maximum absolute atomic E-state index is 12.5. The molecule has 3 rings (SSSR count). The number of benzene rings is 1. The Hall–Kier alpha value is -1.40. The molecule has 0 spiro atoms. The van der Waals surface area contributed by atoms with Gasteiger partial charge in [-0.3, -0.25) is 9.69 Å². The summed E-state index contributed by atoms with van der Waals surface area (Å²) in [5.41, 5.74) is 2.49. The molecule has 1 amide bonds. The van der Waals surface area contributed by atoms with Gasteiger partial charge in [0.05, 0.1) is 11.0 Å². The Bertz CT molecular complexity index is 699. The molecule has 24 heavy (non-hydrogen) atoms. The molecule has 2 heterocycles. The van der Waals surface area contributed by atoms with Crippen LogP contribution in [0, 0.1) is 6.92 Å². The highest BCUT2D eigenvalue weighted by molar-refractivity contribution is 7.92. The molecule has 2 aliphatic rings. The van der Waals surface area contributed by atoms with E-state index in [2.05, 4.69) is 36.1 Å². The molecular weight excluding hydrogens is 324 g/mol. The zero-order chi connectivity index (χ0) is 17.3. The van der Waals surface area contributed by atoms with E-state index in [1.165, 1.54) is 11.1 Å². The first-order valence-corrected chi connectivity index (χ1v) is 10.3. The minimum Gasteiger partial charge on any atom is -0.338 e. The summed E-state index contributed by atoms with van der Waals surface area (Å²) in [4.78, 5) is 16.0. The molecule has 0 unspecified atom stereocenters. The van der Waals surface area contributed by atoms with Crippen LogP contribution >= 0.6 is 0 Å². The Morgan fingerprint density at radius 2 is 1.79 bits per heavy atom. The van der Waals surface area contributed by atoms with Crippen LogP contribution in [0.5, 0.6) is 0 Å². The molecule has 132 valence electrons. The second-order valence-electron chi connectivity index (χ2n) is 7.02. The number of sulfone groups is 1. The van der Waals surface area contributed by atoms with Gasteiger partial charge in [0.25, 0.3) is 0 Å². The molecule has 0 aromatic heterocycles. The Balaban J connectivity index is 1.74. The van der Waals surface area contributed by atoms with Crippen LogP contribution in [0.25, 0.3) is 0 Å². The first kappa shape index (κ1) is 17.4. The van der Waals surface area contributed by atoms with E-state index < -0.39 is 15.1 Å². The minimum absolute atomic E-state index is 0.00751. The molecule has 2 aliphatic heterocycles. The smallest absolute Gasteiger partial charge is 0.219 e. The monoisotopic (exact) mass is 350 g/mol. The molecule has 0 aliphatic carbocycles. The van der Waals surface area contributed by atoms with Crippen molar-refractivity contribution in [1.29, 1.82) is 0 Å². The third-order valence-electron chi connectivity index (χ3n) is 5.31. The van der Waals surface area contributed by atoms with Crippen LogP contribution in [-0.4, -0.2) is 60.8 Å². The normalized spacial score (nSPS) is 27.3. The summed E-state index contributed by atoms with van der Waals surface area (Å²) in [6.07, 6.45) is 1.35. The fourth-order valence-corrected chi connectivity index (χ4v) is 5.91. The fraction of sp³-hybridized carbons (Fsp3) is 0.611. The highest BCUT2D eigenvalue weighted by Gasteiger charge is 2.43. The van der Waals surface area contributed by atoms with Gasteiger partial charge in [-0.05, 0) is 31.9 Å². The third-order valence-corrected chi connectivity index (χ3v) is 7.53. The maximum Gasteiger partial charge on any atom is 0.219 e. The molecule has 1 aromatic carbocycles. The van der Waals surface area contributed by atoms with Crippen molar-refractivity contribution < 1.29 is 13.2 Å². The van der Waals surface area contributed by atoms with Gasteiger partial charge in [0.2, 0.25) is 5.91 Å². The van der Waals surface area contributed by atoms with E-state index in [0.717, 1.165) is 26.1 Å². The van der Waals surface area contributed by atoms with Gasteiger partial charge in [-0.2, -0.15) is 0 Å². The molecule has 1 aromatic rings. The topological polar surface area (TPSA) is 57.7 Å². The molecule has 5 nitrogen and oxygen atoms in total. The van der Waals surface area contributed by atoms with E-state index in [4.69, 9.17) is 0 Å². The summed E-state index contributed by atoms with van der Waals surface area (Å²) in [6, 6.07) is 8.31. The van der Waals surface area contributed by atoms with E-state index in [-0.39, 0.29) is 17.7 Å². The van der Waals surface area contributed by atoms with Crippen LogP contribution in [-0.2, 0) is 21.2 Å². The summed E-state index contributed by atoms with van der Waals surface area (Å²) >= 11 is 0. The van der Waals surface area contributed by atoms with Gasteiger partial charge in [-0.25, -0.2) is 8.42 Å². The molecule has 2 saturated heterocycles. The molecule has 0 radical (unpaired) electrons. The number of nitrogens with zero attached hydrogens (tertiary/aromatic N) is 2. The molecule has 0 bridgehead atoms. The van der Waals surface area contributed by atoms with Crippen molar-refractivity contribution in [3.8, 4) is 0 Å². The zero-order valence-electron chi connectivity index (χ0n) is 14.4. The SMILES string of the molecule is CC(=O)N1CCS(=O)(=O)[C@@H]2CCN(Cc3ccc(C)cc3)CC[C@@H]21. The molecule has 2 fully saturated rings. The summed E-state index contributed by atoms with van der Waals surface area (Å²) in [5, 5.41) is -0.404. The summed E-state index contributed by atoms with van der Waals surface area (Å²) in [7, 11) is -3.10. The number of likely N-dealkylation sites (tertiary alicyclic amines) is 1. The van der Waals surface area contributed by atoms with Crippen molar-refractivity contribution in [2.75, 3.05) is 25.4 Å². The van der Waals surface area contributed by atoms with E-state index >= 15 is 0 Å². The second kappa shape index (κ2) is 6.84. The number of amides is 1. The minimum atomic E-state index is -3.10. The van der Waals surface area contributed by atoms with Crippen molar-refractivity contribution >= 4 is 15.7 Å². The summed E-state index contributed by atoms with van der Waals surface area (Å²) in [5.74, 6) is 0.0954. The number of rotatable bonds is 2. The Labute approximate surface area is 144 Å². The maximum atomic E-state index is 12.5. The Kier molecular flexibility index (Phi) is 4.97. The lowest BCUT2D eigenvalue weighted by atomic mass is 10.1. The highest BCUT2D eigenvalue weighted by Crippen LogP contribution is 2.28. The van der Waals surface area contributed by atoms with E-state index in [9.17, 15) is 13.2 Å². The van der Waals surface area contributed by atoms with Gasteiger partial charge in [-0.15, -0.1) is 0 Å². The predicted molar refractivity (Wildman–Crippen MR) is 94.4 cm³/mol. The van der Waals surface area contributed by atoms with E-state index in [1.807, 2.05) is 0 Å².